The molecule has 150 valence electrons. The van der Waals surface area contributed by atoms with Gasteiger partial charge in [0.25, 0.3) is 0 Å². The molecule has 0 radical (unpaired) electrons. The van der Waals surface area contributed by atoms with Crippen LogP contribution >= 0.6 is 0 Å². The number of nitrogens with zero attached hydrogens (tertiary/aromatic N) is 2. The summed E-state index contributed by atoms with van der Waals surface area (Å²) >= 11 is 0. The Balaban J connectivity index is 1.85. The van der Waals surface area contributed by atoms with Gasteiger partial charge < -0.3 is 14.8 Å². The lowest BCUT2D eigenvalue weighted by molar-refractivity contribution is 0.0698. The van der Waals surface area contributed by atoms with Crippen LogP contribution < -0.4 is 10.7 Å². The van der Waals surface area contributed by atoms with Crippen LogP contribution in [0.3, 0.4) is 0 Å². The number of anilines is 1. The maximum Gasteiger partial charge on any atom is 0.337 e. The third-order valence-corrected chi connectivity index (χ3v) is 4.78. The van der Waals surface area contributed by atoms with Gasteiger partial charge in [-0.25, -0.2) is 14.8 Å². The molecule has 7 nitrogen and oxygen atoms in total. The Labute approximate surface area is 172 Å². The summed E-state index contributed by atoms with van der Waals surface area (Å²) in [6.07, 6.45) is 3.16. The van der Waals surface area contributed by atoms with Gasteiger partial charge in [0.1, 0.15) is 5.58 Å². The summed E-state index contributed by atoms with van der Waals surface area (Å²) in [6, 6.07) is 13.1. The zero-order chi connectivity index (χ0) is 21.3. The molecular formula is C23H19N3O4. The van der Waals surface area contributed by atoms with Crippen molar-refractivity contribution in [3.8, 4) is 11.6 Å². The van der Waals surface area contributed by atoms with Gasteiger partial charge in [0, 0.05) is 29.7 Å². The molecule has 2 aromatic heterocycles. The van der Waals surface area contributed by atoms with E-state index in [0.29, 0.717) is 22.5 Å². The molecule has 0 bridgehead atoms. The lowest BCUT2D eigenvalue weighted by Gasteiger charge is -2.19. The zero-order valence-corrected chi connectivity index (χ0v) is 16.4. The first-order valence-electron chi connectivity index (χ1n) is 9.38. The average molecular weight is 401 g/mol. The number of hydrogen-bond donors (Lipinski definition) is 2. The maximum absolute atomic E-state index is 12.8. The van der Waals surface area contributed by atoms with Crippen molar-refractivity contribution in [3.63, 3.8) is 0 Å². The van der Waals surface area contributed by atoms with E-state index in [2.05, 4.69) is 15.3 Å². The molecule has 0 saturated carbocycles. The first-order valence-corrected chi connectivity index (χ1v) is 9.38. The number of carbonyl (C=O) groups is 1. The minimum Gasteiger partial charge on any atom is -0.478 e. The van der Waals surface area contributed by atoms with Crippen LogP contribution in [0.1, 0.15) is 34.5 Å². The van der Waals surface area contributed by atoms with Gasteiger partial charge >= 0.3 is 5.97 Å². The number of fused-ring (bicyclic) bond motifs is 1. The van der Waals surface area contributed by atoms with E-state index in [1.165, 1.54) is 12.1 Å². The second-order valence-corrected chi connectivity index (χ2v) is 6.99. The number of carboxylic acid groups (broad SMARTS) is 1. The number of para-hydroxylation sites is 1. The average Bonchev–Trinajstić information content (AvgIpc) is 2.74. The van der Waals surface area contributed by atoms with Crippen LogP contribution in [0.2, 0.25) is 0 Å². The van der Waals surface area contributed by atoms with Crippen molar-refractivity contribution in [2.45, 2.75) is 19.9 Å². The monoisotopic (exact) mass is 401 g/mol. The highest BCUT2D eigenvalue weighted by Gasteiger charge is 2.18. The van der Waals surface area contributed by atoms with Gasteiger partial charge in [0.05, 0.1) is 17.0 Å². The Morgan fingerprint density at radius 2 is 1.83 bits per heavy atom. The number of nitrogens with one attached hydrogen (secondary N) is 1. The van der Waals surface area contributed by atoms with E-state index in [-0.39, 0.29) is 22.8 Å². The molecule has 0 aliphatic heterocycles. The second-order valence-electron chi connectivity index (χ2n) is 6.99. The second kappa shape index (κ2) is 7.79. The molecular weight excluding hydrogens is 382 g/mol. The van der Waals surface area contributed by atoms with E-state index in [4.69, 9.17) is 4.42 Å². The summed E-state index contributed by atoms with van der Waals surface area (Å²) in [5, 5.41) is 13.1. The van der Waals surface area contributed by atoms with Gasteiger partial charge in [-0.15, -0.1) is 0 Å². The fraction of sp³-hybridized carbons (Fsp3) is 0.130. The molecule has 2 N–H and O–H groups in total. The summed E-state index contributed by atoms with van der Waals surface area (Å²) in [4.78, 5) is 32.7. The number of benzene rings is 2. The van der Waals surface area contributed by atoms with Crippen LogP contribution in [-0.2, 0) is 0 Å². The molecule has 0 spiro atoms. The van der Waals surface area contributed by atoms with E-state index in [1.54, 1.807) is 42.7 Å². The Morgan fingerprint density at radius 3 is 2.57 bits per heavy atom. The summed E-state index contributed by atoms with van der Waals surface area (Å²) < 4.78 is 6.07. The fourth-order valence-electron chi connectivity index (χ4n) is 3.40. The highest BCUT2D eigenvalue weighted by Crippen LogP contribution is 2.30. The number of hydrogen-bond acceptors (Lipinski definition) is 6. The minimum atomic E-state index is -1.02. The first-order chi connectivity index (χ1) is 14.4. The van der Waals surface area contributed by atoms with Crippen LogP contribution in [0, 0.1) is 6.92 Å². The predicted molar refractivity (Wildman–Crippen MR) is 114 cm³/mol. The van der Waals surface area contributed by atoms with Gasteiger partial charge in [-0.05, 0) is 43.7 Å². The Bertz CT molecular complexity index is 1300. The molecule has 4 rings (SSSR count). The third kappa shape index (κ3) is 3.65. The zero-order valence-electron chi connectivity index (χ0n) is 16.4. The molecule has 0 fully saturated rings. The Hall–Kier alpha value is -4.00. The molecule has 4 aromatic rings. The molecule has 30 heavy (non-hydrogen) atoms. The highest BCUT2D eigenvalue weighted by atomic mass is 16.4. The van der Waals surface area contributed by atoms with Crippen LogP contribution in [0.15, 0.2) is 70.1 Å². The van der Waals surface area contributed by atoms with Crippen LogP contribution in [0.4, 0.5) is 5.69 Å². The summed E-state index contributed by atoms with van der Waals surface area (Å²) in [6.45, 7) is 3.78. The lowest BCUT2D eigenvalue weighted by Crippen LogP contribution is -2.12. The molecule has 2 aromatic carbocycles. The predicted octanol–water partition coefficient (Wildman–Crippen LogP) is 4.43. The van der Waals surface area contributed by atoms with Crippen molar-refractivity contribution < 1.29 is 14.3 Å². The molecule has 0 unspecified atom stereocenters. The molecule has 2 heterocycles. The number of aromatic carboxylic acids is 1. The van der Waals surface area contributed by atoms with Crippen molar-refractivity contribution in [1.82, 2.24) is 9.97 Å². The lowest BCUT2D eigenvalue weighted by atomic mass is 10.0. The van der Waals surface area contributed by atoms with E-state index in [9.17, 15) is 14.7 Å². The van der Waals surface area contributed by atoms with Crippen LogP contribution in [-0.4, -0.2) is 21.0 Å². The maximum atomic E-state index is 12.8. The van der Waals surface area contributed by atoms with Crippen molar-refractivity contribution in [2.24, 2.45) is 0 Å². The van der Waals surface area contributed by atoms with Gasteiger partial charge in [0.15, 0.2) is 17.0 Å². The van der Waals surface area contributed by atoms with E-state index in [1.807, 2.05) is 19.9 Å². The van der Waals surface area contributed by atoms with Gasteiger partial charge in [-0.2, -0.15) is 0 Å². The van der Waals surface area contributed by atoms with Gasteiger partial charge in [-0.1, -0.05) is 18.2 Å². The molecule has 1 atom stereocenters. The highest BCUT2D eigenvalue weighted by molar-refractivity contribution is 5.94. The first kappa shape index (κ1) is 19.3. The van der Waals surface area contributed by atoms with Crippen molar-refractivity contribution in [3.05, 3.63) is 87.8 Å². The molecule has 0 amide bonds. The van der Waals surface area contributed by atoms with Crippen molar-refractivity contribution in [1.29, 1.82) is 0 Å². The molecule has 0 aliphatic carbocycles. The number of rotatable bonds is 5. The van der Waals surface area contributed by atoms with Crippen molar-refractivity contribution >= 4 is 22.6 Å². The fourth-order valence-corrected chi connectivity index (χ4v) is 3.40. The largest absolute Gasteiger partial charge is 0.478 e. The topological polar surface area (TPSA) is 105 Å². The normalized spacial score (nSPS) is 11.9. The van der Waals surface area contributed by atoms with Gasteiger partial charge in [-0.3, -0.25) is 4.79 Å². The molecule has 0 saturated heterocycles. The Morgan fingerprint density at radius 1 is 1.10 bits per heavy atom. The quantitative estimate of drug-likeness (QED) is 0.510. The number of aromatic nitrogens is 2. The summed E-state index contributed by atoms with van der Waals surface area (Å²) in [5.74, 6) is -0.425. The minimum absolute atomic E-state index is 0.168. The third-order valence-electron chi connectivity index (χ3n) is 4.78. The van der Waals surface area contributed by atoms with E-state index < -0.39 is 5.97 Å². The number of aryl methyl sites for hydroxylation is 1. The standard InChI is InChI=1S/C23H19N3O4/c1-13-10-16(14(2)26-18-7-4-3-6-15(18)23(28)29)21-17(11-13)19(27)12-20(30-21)22-24-8-5-9-25-22/h3-12,14,26H,1-2H3,(H,28,29)/t14-/m1/s1. The number of carboxylic acids is 1. The van der Waals surface area contributed by atoms with Crippen LogP contribution in [0.25, 0.3) is 22.6 Å². The summed E-state index contributed by atoms with van der Waals surface area (Å²) in [7, 11) is 0. The molecule has 7 heteroatoms. The van der Waals surface area contributed by atoms with Crippen LogP contribution in [0.5, 0.6) is 0 Å². The smallest absolute Gasteiger partial charge is 0.337 e. The Kier molecular flexibility index (Phi) is 5.02. The van der Waals surface area contributed by atoms with Gasteiger partial charge in [0.2, 0.25) is 0 Å². The van der Waals surface area contributed by atoms with E-state index >= 15 is 0 Å². The SMILES string of the molecule is Cc1cc([C@@H](C)Nc2ccccc2C(=O)O)c2oc(-c3ncccn3)cc(=O)c2c1. The summed E-state index contributed by atoms with van der Waals surface area (Å²) in [5.41, 5.74) is 2.51. The van der Waals surface area contributed by atoms with E-state index in [0.717, 1.165) is 11.1 Å². The van der Waals surface area contributed by atoms with Crippen molar-refractivity contribution in [2.75, 3.05) is 5.32 Å². The molecule has 0 aliphatic rings.